The lowest BCUT2D eigenvalue weighted by molar-refractivity contribution is 0.178. The molecular weight excluding hydrogens is 252 g/mol. The zero-order valence-corrected chi connectivity index (χ0v) is 12.1. The Balaban J connectivity index is 2.16. The number of benzene rings is 2. The van der Waals surface area contributed by atoms with Crippen molar-refractivity contribution in [2.75, 3.05) is 14.2 Å². The van der Waals surface area contributed by atoms with E-state index in [-0.39, 0.29) is 0 Å². The Hall–Kier alpha value is -2.00. The Bertz CT molecular complexity index is 561. The number of aliphatic hydroxyl groups is 1. The van der Waals surface area contributed by atoms with Crippen LogP contribution in [0.1, 0.15) is 22.8 Å². The normalized spacial score (nSPS) is 12.0. The van der Waals surface area contributed by atoms with Crippen LogP contribution in [0.3, 0.4) is 0 Å². The maximum atomic E-state index is 10.3. The highest BCUT2D eigenvalue weighted by Gasteiger charge is 2.12. The molecular formula is C17H20O3. The van der Waals surface area contributed by atoms with E-state index in [0.717, 1.165) is 11.1 Å². The molecule has 0 fully saturated rings. The molecule has 2 aromatic carbocycles. The van der Waals surface area contributed by atoms with Crippen LogP contribution < -0.4 is 9.47 Å². The molecule has 0 aliphatic carbocycles. The van der Waals surface area contributed by atoms with E-state index in [1.165, 1.54) is 5.56 Å². The number of aliphatic hydroxyl groups excluding tert-OH is 1. The van der Waals surface area contributed by atoms with Gasteiger partial charge in [0.15, 0.2) is 11.5 Å². The standard InChI is InChI=1S/C17H20O3/c1-12-4-6-13(7-5-12)10-15(18)14-8-9-16(19-2)17(11-14)20-3/h4-9,11,15,18H,10H2,1-3H3. The van der Waals surface area contributed by atoms with E-state index in [2.05, 4.69) is 19.1 Å². The third kappa shape index (κ3) is 3.31. The topological polar surface area (TPSA) is 38.7 Å². The Morgan fingerprint density at radius 1 is 0.950 bits per heavy atom. The summed E-state index contributed by atoms with van der Waals surface area (Å²) in [5, 5.41) is 10.3. The lowest BCUT2D eigenvalue weighted by Crippen LogP contribution is -2.03. The summed E-state index contributed by atoms with van der Waals surface area (Å²) in [5.41, 5.74) is 3.15. The molecule has 1 unspecified atom stereocenters. The summed E-state index contributed by atoms with van der Waals surface area (Å²) in [6, 6.07) is 13.7. The van der Waals surface area contributed by atoms with Gasteiger partial charge >= 0.3 is 0 Å². The molecule has 0 spiro atoms. The number of methoxy groups -OCH3 is 2. The van der Waals surface area contributed by atoms with E-state index in [4.69, 9.17) is 9.47 Å². The zero-order chi connectivity index (χ0) is 14.5. The monoisotopic (exact) mass is 272 g/mol. The van der Waals surface area contributed by atoms with Crippen LogP contribution in [0.15, 0.2) is 42.5 Å². The summed E-state index contributed by atoms with van der Waals surface area (Å²) in [7, 11) is 3.19. The minimum atomic E-state index is -0.558. The van der Waals surface area contributed by atoms with Crippen molar-refractivity contribution in [1.29, 1.82) is 0 Å². The first-order chi connectivity index (χ1) is 9.63. The van der Waals surface area contributed by atoms with Crippen molar-refractivity contribution in [2.45, 2.75) is 19.4 Å². The van der Waals surface area contributed by atoms with Gasteiger partial charge in [0, 0.05) is 6.42 Å². The molecule has 0 aromatic heterocycles. The van der Waals surface area contributed by atoms with Crippen molar-refractivity contribution < 1.29 is 14.6 Å². The van der Waals surface area contributed by atoms with Gasteiger partial charge in [-0.1, -0.05) is 35.9 Å². The predicted octanol–water partition coefficient (Wildman–Crippen LogP) is 3.29. The molecule has 0 aliphatic heterocycles. The van der Waals surface area contributed by atoms with Crippen LogP contribution in [-0.4, -0.2) is 19.3 Å². The molecule has 0 aliphatic rings. The van der Waals surface area contributed by atoms with Gasteiger partial charge < -0.3 is 14.6 Å². The van der Waals surface area contributed by atoms with Crippen molar-refractivity contribution in [2.24, 2.45) is 0 Å². The molecule has 0 saturated heterocycles. The van der Waals surface area contributed by atoms with Crippen LogP contribution in [0, 0.1) is 6.92 Å². The van der Waals surface area contributed by atoms with Gasteiger partial charge in [0.05, 0.1) is 20.3 Å². The Kier molecular flexibility index (Phi) is 4.64. The van der Waals surface area contributed by atoms with Crippen LogP contribution in [0.2, 0.25) is 0 Å². The lowest BCUT2D eigenvalue weighted by Gasteiger charge is -2.14. The number of ether oxygens (including phenoxy) is 2. The highest BCUT2D eigenvalue weighted by atomic mass is 16.5. The molecule has 0 radical (unpaired) electrons. The predicted molar refractivity (Wildman–Crippen MR) is 79.4 cm³/mol. The van der Waals surface area contributed by atoms with Gasteiger partial charge in [-0.05, 0) is 30.2 Å². The second kappa shape index (κ2) is 6.44. The van der Waals surface area contributed by atoms with E-state index in [1.807, 2.05) is 30.3 Å². The summed E-state index contributed by atoms with van der Waals surface area (Å²) in [5.74, 6) is 1.30. The van der Waals surface area contributed by atoms with Crippen molar-refractivity contribution in [3.05, 3.63) is 59.2 Å². The minimum Gasteiger partial charge on any atom is -0.493 e. The molecule has 1 N–H and O–H groups in total. The van der Waals surface area contributed by atoms with Crippen molar-refractivity contribution >= 4 is 0 Å². The molecule has 0 amide bonds. The SMILES string of the molecule is COc1ccc(C(O)Cc2ccc(C)cc2)cc1OC. The van der Waals surface area contributed by atoms with Crippen LogP contribution in [0.5, 0.6) is 11.5 Å². The molecule has 106 valence electrons. The van der Waals surface area contributed by atoms with Crippen molar-refractivity contribution in [1.82, 2.24) is 0 Å². The average Bonchev–Trinajstić information content (AvgIpc) is 2.48. The van der Waals surface area contributed by atoms with Gasteiger partial charge in [0.25, 0.3) is 0 Å². The van der Waals surface area contributed by atoms with Crippen LogP contribution in [0.25, 0.3) is 0 Å². The molecule has 2 aromatic rings. The molecule has 0 heterocycles. The van der Waals surface area contributed by atoms with Gasteiger partial charge in [-0.3, -0.25) is 0 Å². The third-order valence-corrected chi connectivity index (χ3v) is 3.34. The summed E-state index contributed by atoms with van der Waals surface area (Å²) in [6.07, 6.45) is 0.0213. The average molecular weight is 272 g/mol. The second-order valence-electron chi connectivity index (χ2n) is 4.82. The third-order valence-electron chi connectivity index (χ3n) is 3.34. The van der Waals surface area contributed by atoms with E-state index in [9.17, 15) is 5.11 Å². The van der Waals surface area contributed by atoms with Gasteiger partial charge in [-0.2, -0.15) is 0 Å². The van der Waals surface area contributed by atoms with Crippen molar-refractivity contribution in [3.8, 4) is 11.5 Å². The largest absolute Gasteiger partial charge is 0.493 e. The zero-order valence-electron chi connectivity index (χ0n) is 12.1. The highest BCUT2D eigenvalue weighted by Crippen LogP contribution is 2.30. The van der Waals surface area contributed by atoms with E-state index < -0.39 is 6.10 Å². The quantitative estimate of drug-likeness (QED) is 0.907. The van der Waals surface area contributed by atoms with Gasteiger partial charge in [-0.25, -0.2) is 0 Å². The summed E-state index contributed by atoms with van der Waals surface area (Å²) in [4.78, 5) is 0. The van der Waals surface area contributed by atoms with E-state index in [1.54, 1.807) is 14.2 Å². The van der Waals surface area contributed by atoms with Gasteiger partial charge in [-0.15, -0.1) is 0 Å². The smallest absolute Gasteiger partial charge is 0.161 e. The molecule has 0 saturated carbocycles. The summed E-state index contributed by atoms with van der Waals surface area (Å²) >= 11 is 0. The molecule has 3 heteroatoms. The lowest BCUT2D eigenvalue weighted by atomic mass is 10.0. The maximum absolute atomic E-state index is 10.3. The molecule has 3 nitrogen and oxygen atoms in total. The number of aryl methyl sites for hydroxylation is 1. The fourth-order valence-corrected chi connectivity index (χ4v) is 2.13. The van der Waals surface area contributed by atoms with E-state index >= 15 is 0 Å². The molecule has 20 heavy (non-hydrogen) atoms. The number of rotatable bonds is 5. The molecule has 0 bridgehead atoms. The van der Waals surface area contributed by atoms with Crippen molar-refractivity contribution in [3.63, 3.8) is 0 Å². The summed E-state index contributed by atoms with van der Waals surface area (Å²) < 4.78 is 10.5. The first kappa shape index (κ1) is 14.4. The van der Waals surface area contributed by atoms with Gasteiger partial charge in [0.1, 0.15) is 0 Å². The number of hydrogen-bond acceptors (Lipinski definition) is 3. The Morgan fingerprint density at radius 2 is 1.60 bits per heavy atom. The van der Waals surface area contributed by atoms with Crippen LogP contribution in [0.4, 0.5) is 0 Å². The Morgan fingerprint density at radius 3 is 2.20 bits per heavy atom. The van der Waals surface area contributed by atoms with E-state index in [0.29, 0.717) is 17.9 Å². The van der Waals surface area contributed by atoms with Gasteiger partial charge in [0.2, 0.25) is 0 Å². The summed E-state index contributed by atoms with van der Waals surface area (Å²) in [6.45, 7) is 2.05. The number of hydrogen-bond donors (Lipinski definition) is 1. The first-order valence-electron chi connectivity index (χ1n) is 6.59. The fourth-order valence-electron chi connectivity index (χ4n) is 2.13. The molecule has 1 atom stereocenters. The molecule has 2 rings (SSSR count). The highest BCUT2D eigenvalue weighted by molar-refractivity contribution is 5.43. The van der Waals surface area contributed by atoms with Crippen LogP contribution in [-0.2, 0) is 6.42 Å². The Labute approximate surface area is 119 Å². The second-order valence-corrected chi connectivity index (χ2v) is 4.82. The maximum Gasteiger partial charge on any atom is 0.161 e. The van der Waals surface area contributed by atoms with Crippen LogP contribution >= 0.6 is 0 Å². The fraction of sp³-hybridized carbons (Fsp3) is 0.294. The first-order valence-corrected chi connectivity index (χ1v) is 6.59. The minimum absolute atomic E-state index is 0.558.